The maximum atomic E-state index is 5.41. The van der Waals surface area contributed by atoms with Crippen LogP contribution in [0.1, 0.15) is 19.3 Å². The van der Waals surface area contributed by atoms with Crippen LogP contribution >= 0.6 is 0 Å². The summed E-state index contributed by atoms with van der Waals surface area (Å²) >= 11 is 0. The Hall–Kier alpha value is -0.380. The minimum atomic E-state index is 0.802. The van der Waals surface area contributed by atoms with Gasteiger partial charge in [0.05, 0.1) is 13.2 Å². The summed E-state index contributed by atoms with van der Waals surface area (Å²) in [6.07, 6.45) is 5.52. The zero-order chi connectivity index (χ0) is 10.8. The van der Waals surface area contributed by atoms with Crippen molar-refractivity contribution in [3.8, 4) is 0 Å². The van der Waals surface area contributed by atoms with Gasteiger partial charge in [-0.25, -0.2) is 0 Å². The third-order valence-corrected chi connectivity index (χ3v) is 2.72. The Balaban J connectivity index is 1.81. The molecule has 88 valence electrons. The molecule has 0 saturated carbocycles. The van der Waals surface area contributed by atoms with Gasteiger partial charge in [0.1, 0.15) is 0 Å². The van der Waals surface area contributed by atoms with Crippen LogP contribution in [0.5, 0.6) is 0 Å². The maximum Gasteiger partial charge on any atom is 0.0591 e. The highest BCUT2D eigenvalue weighted by Gasteiger charge is 2.11. The minimum Gasteiger partial charge on any atom is -0.380 e. The van der Waals surface area contributed by atoms with Gasteiger partial charge < -0.3 is 15.4 Å². The molecule has 0 aliphatic carbocycles. The fraction of sp³-hybridized carbons (Fsp3) is 0.833. The van der Waals surface area contributed by atoms with Crippen molar-refractivity contribution in [2.24, 2.45) is 5.92 Å². The summed E-state index contributed by atoms with van der Waals surface area (Å²) in [5, 5.41) is 6.86. The Morgan fingerprint density at radius 1 is 1.47 bits per heavy atom. The standard InChI is InChI=1S/C12H24N2O/c1-2-3-8-15-9-7-14-11-12-5-4-6-13-10-12/h2,12-14H,1,3-11H2. The predicted octanol–water partition coefficient (Wildman–Crippen LogP) is 1.17. The first-order chi connectivity index (χ1) is 7.43. The van der Waals surface area contributed by atoms with Crippen LogP contribution in [-0.4, -0.2) is 39.4 Å². The van der Waals surface area contributed by atoms with Gasteiger partial charge in [-0.15, -0.1) is 6.58 Å². The summed E-state index contributed by atoms with van der Waals surface area (Å²) in [5.41, 5.74) is 0. The van der Waals surface area contributed by atoms with E-state index in [0.717, 1.165) is 38.6 Å². The van der Waals surface area contributed by atoms with Crippen molar-refractivity contribution >= 4 is 0 Å². The molecule has 3 heteroatoms. The summed E-state index contributed by atoms with van der Waals surface area (Å²) in [5.74, 6) is 0.812. The van der Waals surface area contributed by atoms with Crippen molar-refractivity contribution < 1.29 is 4.74 Å². The first-order valence-electron chi connectivity index (χ1n) is 6.03. The van der Waals surface area contributed by atoms with Gasteiger partial charge in [0, 0.05) is 6.54 Å². The van der Waals surface area contributed by atoms with E-state index >= 15 is 0 Å². The Kier molecular flexibility index (Phi) is 7.52. The van der Waals surface area contributed by atoms with E-state index < -0.39 is 0 Å². The van der Waals surface area contributed by atoms with E-state index in [-0.39, 0.29) is 0 Å². The van der Waals surface area contributed by atoms with Gasteiger partial charge in [-0.1, -0.05) is 6.08 Å². The van der Waals surface area contributed by atoms with Crippen LogP contribution in [-0.2, 0) is 4.74 Å². The molecule has 15 heavy (non-hydrogen) atoms. The van der Waals surface area contributed by atoms with E-state index in [1.807, 2.05) is 6.08 Å². The molecule has 1 atom stereocenters. The van der Waals surface area contributed by atoms with Crippen molar-refractivity contribution in [3.05, 3.63) is 12.7 Å². The van der Waals surface area contributed by atoms with Crippen molar-refractivity contribution in [2.45, 2.75) is 19.3 Å². The first-order valence-corrected chi connectivity index (χ1v) is 6.03. The lowest BCUT2D eigenvalue weighted by atomic mass is 10.00. The molecule has 0 bridgehead atoms. The maximum absolute atomic E-state index is 5.41. The average molecular weight is 212 g/mol. The summed E-state index contributed by atoms with van der Waals surface area (Å²) < 4.78 is 5.41. The van der Waals surface area contributed by atoms with E-state index in [9.17, 15) is 0 Å². The molecule has 1 fully saturated rings. The van der Waals surface area contributed by atoms with Gasteiger partial charge in [-0.05, 0) is 44.8 Å². The Labute approximate surface area is 93.3 Å². The zero-order valence-electron chi connectivity index (χ0n) is 9.63. The number of nitrogens with one attached hydrogen (secondary N) is 2. The number of piperidine rings is 1. The lowest BCUT2D eigenvalue weighted by molar-refractivity contribution is 0.139. The van der Waals surface area contributed by atoms with Gasteiger partial charge >= 0.3 is 0 Å². The molecule has 2 N–H and O–H groups in total. The van der Waals surface area contributed by atoms with Gasteiger partial charge in [0.15, 0.2) is 0 Å². The molecule has 1 aliphatic heterocycles. The van der Waals surface area contributed by atoms with Gasteiger partial charge in [-0.3, -0.25) is 0 Å². The summed E-state index contributed by atoms with van der Waals surface area (Å²) in [7, 11) is 0. The third kappa shape index (κ3) is 6.66. The first kappa shape index (κ1) is 12.7. The van der Waals surface area contributed by atoms with Gasteiger partial charge in [0.25, 0.3) is 0 Å². The van der Waals surface area contributed by atoms with Crippen LogP contribution in [0.4, 0.5) is 0 Å². The van der Waals surface area contributed by atoms with Gasteiger partial charge in [0.2, 0.25) is 0 Å². The molecule has 0 aromatic heterocycles. The smallest absolute Gasteiger partial charge is 0.0591 e. The molecule has 0 radical (unpaired) electrons. The van der Waals surface area contributed by atoms with Crippen LogP contribution in [0.2, 0.25) is 0 Å². The SMILES string of the molecule is C=CCCOCCNCC1CCCNC1. The van der Waals surface area contributed by atoms with Crippen LogP contribution < -0.4 is 10.6 Å². The topological polar surface area (TPSA) is 33.3 Å². The van der Waals surface area contributed by atoms with E-state index in [1.165, 1.54) is 25.9 Å². The molecule has 1 unspecified atom stereocenters. The van der Waals surface area contributed by atoms with E-state index in [2.05, 4.69) is 17.2 Å². The molecular weight excluding hydrogens is 188 g/mol. The number of ether oxygens (including phenoxy) is 1. The number of hydrogen-bond acceptors (Lipinski definition) is 3. The molecule has 3 nitrogen and oxygen atoms in total. The quantitative estimate of drug-likeness (QED) is 0.468. The third-order valence-electron chi connectivity index (χ3n) is 2.72. The van der Waals surface area contributed by atoms with Crippen molar-refractivity contribution in [3.63, 3.8) is 0 Å². The fourth-order valence-electron chi connectivity index (χ4n) is 1.82. The number of hydrogen-bond donors (Lipinski definition) is 2. The molecule has 1 aliphatic rings. The van der Waals surface area contributed by atoms with E-state index in [4.69, 9.17) is 4.74 Å². The van der Waals surface area contributed by atoms with Crippen molar-refractivity contribution in [1.82, 2.24) is 10.6 Å². The monoisotopic (exact) mass is 212 g/mol. The van der Waals surface area contributed by atoms with E-state index in [1.54, 1.807) is 0 Å². The highest BCUT2D eigenvalue weighted by atomic mass is 16.5. The average Bonchev–Trinajstić information content (AvgIpc) is 2.29. The molecular formula is C12H24N2O. The second-order valence-electron chi connectivity index (χ2n) is 4.11. The Morgan fingerprint density at radius 3 is 3.13 bits per heavy atom. The van der Waals surface area contributed by atoms with Crippen LogP contribution in [0.3, 0.4) is 0 Å². The minimum absolute atomic E-state index is 0.802. The molecule has 0 amide bonds. The molecule has 1 rings (SSSR count). The zero-order valence-corrected chi connectivity index (χ0v) is 9.63. The molecule has 0 spiro atoms. The lowest BCUT2D eigenvalue weighted by Gasteiger charge is -2.22. The van der Waals surface area contributed by atoms with Crippen LogP contribution in [0.25, 0.3) is 0 Å². The highest BCUT2D eigenvalue weighted by molar-refractivity contribution is 4.70. The summed E-state index contributed by atoms with van der Waals surface area (Å²) in [6.45, 7) is 9.72. The predicted molar refractivity (Wildman–Crippen MR) is 64.1 cm³/mol. The molecule has 1 heterocycles. The normalized spacial score (nSPS) is 21.5. The van der Waals surface area contributed by atoms with Crippen LogP contribution in [0.15, 0.2) is 12.7 Å². The molecule has 0 aromatic rings. The molecule has 1 saturated heterocycles. The highest BCUT2D eigenvalue weighted by Crippen LogP contribution is 2.07. The lowest BCUT2D eigenvalue weighted by Crippen LogP contribution is -2.36. The van der Waals surface area contributed by atoms with Gasteiger partial charge in [-0.2, -0.15) is 0 Å². The Morgan fingerprint density at radius 2 is 2.40 bits per heavy atom. The summed E-state index contributed by atoms with van der Waals surface area (Å²) in [6, 6.07) is 0. The summed E-state index contributed by atoms with van der Waals surface area (Å²) in [4.78, 5) is 0. The van der Waals surface area contributed by atoms with Crippen molar-refractivity contribution in [1.29, 1.82) is 0 Å². The fourth-order valence-corrected chi connectivity index (χ4v) is 1.82. The Bertz CT molecular complexity index is 156. The second kappa shape index (κ2) is 8.89. The molecule has 0 aromatic carbocycles. The second-order valence-corrected chi connectivity index (χ2v) is 4.11. The van der Waals surface area contributed by atoms with Crippen LogP contribution in [0, 0.1) is 5.92 Å². The van der Waals surface area contributed by atoms with E-state index in [0.29, 0.717) is 0 Å². The number of rotatable bonds is 8. The van der Waals surface area contributed by atoms with Crippen molar-refractivity contribution in [2.75, 3.05) is 39.4 Å². The largest absolute Gasteiger partial charge is 0.380 e.